The van der Waals surface area contributed by atoms with Crippen LogP contribution in [0, 0.1) is 6.92 Å². The average molecular weight is 371 g/mol. The Balaban J connectivity index is 1.76. The lowest BCUT2D eigenvalue weighted by molar-refractivity contribution is 0.102. The molecular weight excluding hydrogens is 359 g/mol. The SMILES string of the molecule is Cc1cccc(Cl)c1NC(=O)c1ccc2c(c1)nc(Cl)c1cncn12. The fourth-order valence-electron chi connectivity index (χ4n) is 2.74. The van der Waals surface area contributed by atoms with Crippen LogP contribution in [-0.4, -0.2) is 20.3 Å². The van der Waals surface area contributed by atoms with E-state index >= 15 is 0 Å². The summed E-state index contributed by atoms with van der Waals surface area (Å²) in [5.74, 6) is -0.262. The van der Waals surface area contributed by atoms with E-state index in [2.05, 4.69) is 15.3 Å². The third-order valence-electron chi connectivity index (χ3n) is 4.03. The van der Waals surface area contributed by atoms with Gasteiger partial charge >= 0.3 is 0 Å². The zero-order chi connectivity index (χ0) is 17.6. The second-order valence-electron chi connectivity index (χ2n) is 5.64. The van der Waals surface area contributed by atoms with Gasteiger partial charge in [-0.1, -0.05) is 35.3 Å². The number of nitrogens with one attached hydrogen (secondary N) is 1. The summed E-state index contributed by atoms with van der Waals surface area (Å²) in [4.78, 5) is 21.1. The number of hydrogen-bond donors (Lipinski definition) is 1. The van der Waals surface area contributed by atoms with Gasteiger partial charge in [-0.2, -0.15) is 0 Å². The van der Waals surface area contributed by atoms with E-state index in [9.17, 15) is 4.79 Å². The molecule has 0 aliphatic carbocycles. The fourth-order valence-corrected chi connectivity index (χ4v) is 3.24. The Morgan fingerprint density at radius 1 is 1.16 bits per heavy atom. The minimum absolute atomic E-state index is 0.262. The molecule has 25 heavy (non-hydrogen) atoms. The number of carbonyl (C=O) groups is 1. The molecule has 2 heterocycles. The van der Waals surface area contributed by atoms with Crippen molar-refractivity contribution < 1.29 is 4.79 Å². The van der Waals surface area contributed by atoms with Gasteiger partial charge in [0.05, 0.1) is 34.3 Å². The van der Waals surface area contributed by atoms with Gasteiger partial charge in [0.1, 0.15) is 5.52 Å². The Morgan fingerprint density at radius 3 is 2.80 bits per heavy atom. The summed E-state index contributed by atoms with van der Waals surface area (Å²) in [5, 5.41) is 3.69. The minimum atomic E-state index is -0.262. The topological polar surface area (TPSA) is 59.3 Å². The van der Waals surface area contributed by atoms with Crippen LogP contribution >= 0.6 is 23.2 Å². The molecule has 0 saturated carbocycles. The molecule has 4 aromatic rings. The maximum absolute atomic E-state index is 12.6. The van der Waals surface area contributed by atoms with Crippen molar-refractivity contribution in [3.63, 3.8) is 0 Å². The summed E-state index contributed by atoms with van der Waals surface area (Å²) in [7, 11) is 0. The number of para-hydroxylation sites is 1. The van der Waals surface area contributed by atoms with Crippen LogP contribution in [0.3, 0.4) is 0 Å². The minimum Gasteiger partial charge on any atom is -0.320 e. The molecule has 2 aromatic heterocycles. The molecule has 0 radical (unpaired) electrons. The third-order valence-corrected chi connectivity index (χ3v) is 4.62. The Morgan fingerprint density at radius 2 is 2.00 bits per heavy atom. The normalized spacial score (nSPS) is 11.2. The molecule has 1 amide bonds. The smallest absolute Gasteiger partial charge is 0.255 e. The molecule has 124 valence electrons. The molecule has 5 nitrogen and oxygen atoms in total. The maximum Gasteiger partial charge on any atom is 0.255 e. The quantitative estimate of drug-likeness (QED) is 0.553. The molecular formula is C18H12Cl2N4O. The van der Waals surface area contributed by atoms with Crippen LogP contribution in [0.4, 0.5) is 5.69 Å². The van der Waals surface area contributed by atoms with Crippen molar-refractivity contribution in [2.45, 2.75) is 6.92 Å². The van der Waals surface area contributed by atoms with Crippen LogP contribution in [0.15, 0.2) is 48.9 Å². The molecule has 0 spiro atoms. The van der Waals surface area contributed by atoms with E-state index in [0.29, 0.717) is 26.9 Å². The largest absolute Gasteiger partial charge is 0.320 e. The molecule has 0 unspecified atom stereocenters. The van der Waals surface area contributed by atoms with Crippen molar-refractivity contribution in [1.82, 2.24) is 14.4 Å². The third kappa shape index (κ3) is 2.71. The predicted octanol–water partition coefficient (Wildman–Crippen LogP) is 4.75. The Kier molecular flexibility index (Phi) is 3.82. The Labute approximate surface area is 153 Å². The second-order valence-corrected chi connectivity index (χ2v) is 6.41. The summed E-state index contributed by atoms with van der Waals surface area (Å²) >= 11 is 12.4. The number of amides is 1. The van der Waals surface area contributed by atoms with Gasteiger partial charge in [0.25, 0.3) is 5.91 Å². The average Bonchev–Trinajstić information content (AvgIpc) is 3.08. The first-order valence-electron chi connectivity index (χ1n) is 7.52. The number of aryl methyl sites for hydroxylation is 1. The summed E-state index contributed by atoms with van der Waals surface area (Å²) in [6, 6.07) is 10.7. The second kappa shape index (κ2) is 6.02. The summed E-state index contributed by atoms with van der Waals surface area (Å²) < 4.78 is 1.84. The van der Waals surface area contributed by atoms with E-state index in [1.807, 2.05) is 29.5 Å². The maximum atomic E-state index is 12.6. The van der Waals surface area contributed by atoms with Crippen LogP contribution in [0.5, 0.6) is 0 Å². The lowest BCUT2D eigenvalue weighted by atomic mass is 10.1. The Hall–Kier alpha value is -2.63. The molecule has 0 aliphatic rings. The summed E-state index contributed by atoms with van der Waals surface area (Å²) in [5.41, 5.74) is 4.11. The lowest BCUT2D eigenvalue weighted by Gasteiger charge is -2.11. The molecule has 4 rings (SSSR count). The summed E-state index contributed by atoms with van der Waals surface area (Å²) in [6.45, 7) is 1.89. The van der Waals surface area contributed by atoms with Gasteiger partial charge < -0.3 is 5.32 Å². The van der Waals surface area contributed by atoms with E-state index < -0.39 is 0 Å². The van der Waals surface area contributed by atoms with E-state index in [1.54, 1.807) is 30.7 Å². The molecule has 0 saturated heterocycles. The van der Waals surface area contributed by atoms with E-state index in [0.717, 1.165) is 16.6 Å². The number of halogens is 2. The van der Waals surface area contributed by atoms with Crippen molar-refractivity contribution in [3.8, 4) is 0 Å². The highest BCUT2D eigenvalue weighted by atomic mass is 35.5. The molecule has 1 N–H and O–H groups in total. The number of imidazole rings is 1. The number of carbonyl (C=O) groups excluding carboxylic acids is 1. The predicted molar refractivity (Wildman–Crippen MR) is 99.6 cm³/mol. The molecule has 0 bridgehead atoms. The highest BCUT2D eigenvalue weighted by Crippen LogP contribution is 2.27. The number of aromatic nitrogens is 3. The molecule has 0 atom stereocenters. The number of nitrogens with zero attached hydrogens (tertiary/aromatic N) is 3. The molecule has 0 aliphatic heterocycles. The monoisotopic (exact) mass is 370 g/mol. The van der Waals surface area contributed by atoms with Gasteiger partial charge in [0, 0.05) is 5.56 Å². The zero-order valence-corrected chi connectivity index (χ0v) is 14.6. The number of hydrogen-bond acceptors (Lipinski definition) is 3. The number of anilines is 1. The van der Waals surface area contributed by atoms with Crippen molar-refractivity contribution in [2.24, 2.45) is 0 Å². The van der Waals surface area contributed by atoms with Crippen molar-refractivity contribution in [1.29, 1.82) is 0 Å². The van der Waals surface area contributed by atoms with Crippen LogP contribution in [0.25, 0.3) is 16.6 Å². The molecule has 7 heteroatoms. The highest BCUT2D eigenvalue weighted by Gasteiger charge is 2.13. The van der Waals surface area contributed by atoms with Crippen LogP contribution in [0.2, 0.25) is 10.2 Å². The molecule has 0 fully saturated rings. The van der Waals surface area contributed by atoms with Crippen LogP contribution in [0.1, 0.15) is 15.9 Å². The van der Waals surface area contributed by atoms with Gasteiger partial charge in [-0.05, 0) is 36.8 Å². The lowest BCUT2D eigenvalue weighted by Crippen LogP contribution is -2.13. The van der Waals surface area contributed by atoms with Gasteiger partial charge in [0.15, 0.2) is 5.15 Å². The first-order chi connectivity index (χ1) is 12.0. The van der Waals surface area contributed by atoms with Crippen LogP contribution < -0.4 is 5.32 Å². The van der Waals surface area contributed by atoms with Crippen molar-refractivity contribution in [3.05, 3.63) is 70.2 Å². The van der Waals surface area contributed by atoms with Crippen molar-refractivity contribution in [2.75, 3.05) is 5.32 Å². The zero-order valence-electron chi connectivity index (χ0n) is 13.1. The van der Waals surface area contributed by atoms with E-state index in [1.165, 1.54) is 0 Å². The summed E-state index contributed by atoms with van der Waals surface area (Å²) in [6.07, 6.45) is 3.31. The first kappa shape index (κ1) is 15.9. The first-order valence-corrected chi connectivity index (χ1v) is 8.28. The fraction of sp³-hybridized carbons (Fsp3) is 0.0556. The number of rotatable bonds is 2. The number of benzene rings is 2. The van der Waals surface area contributed by atoms with Gasteiger partial charge in [-0.15, -0.1) is 0 Å². The van der Waals surface area contributed by atoms with Crippen LogP contribution in [-0.2, 0) is 0 Å². The van der Waals surface area contributed by atoms with Gasteiger partial charge in [-0.25, -0.2) is 9.97 Å². The standard InChI is InChI=1S/C18H12Cl2N4O/c1-10-3-2-4-12(19)16(10)23-18(25)11-5-6-14-13(7-11)22-17(20)15-8-21-9-24(14)15/h2-9H,1H3,(H,23,25). The van der Waals surface area contributed by atoms with E-state index in [4.69, 9.17) is 23.2 Å². The number of fused-ring (bicyclic) bond motifs is 3. The molecule has 2 aromatic carbocycles. The van der Waals surface area contributed by atoms with E-state index in [-0.39, 0.29) is 5.91 Å². The van der Waals surface area contributed by atoms with Gasteiger partial charge in [-0.3, -0.25) is 9.20 Å². The highest BCUT2D eigenvalue weighted by molar-refractivity contribution is 6.34. The van der Waals surface area contributed by atoms with Gasteiger partial charge in [0.2, 0.25) is 0 Å². The Bertz CT molecular complexity index is 1120. The van der Waals surface area contributed by atoms with Crippen molar-refractivity contribution >= 4 is 51.3 Å².